The predicted octanol–water partition coefficient (Wildman–Crippen LogP) is 2.39. The van der Waals surface area contributed by atoms with Crippen LogP contribution in [0.5, 0.6) is 0 Å². The summed E-state index contributed by atoms with van der Waals surface area (Å²) in [6, 6.07) is 0.612. The number of thiocarbonyl (C=S) groups is 1. The number of hydrogen-bond acceptors (Lipinski definition) is 2. The van der Waals surface area contributed by atoms with Crippen molar-refractivity contribution < 1.29 is 0 Å². The molecular weight excluding hydrogens is 224 g/mol. The largest absolute Gasteiger partial charge is 0.363 e. The maximum atomic E-state index is 5.25. The summed E-state index contributed by atoms with van der Waals surface area (Å²) in [7, 11) is 0. The molecule has 2 atom stereocenters. The Bertz CT molecular complexity index is 197. The Balaban J connectivity index is 2.03. The van der Waals surface area contributed by atoms with Crippen LogP contribution in [0.2, 0.25) is 0 Å². The summed E-state index contributed by atoms with van der Waals surface area (Å²) >= 11 is 7.13. The summed E-state index contributed by atoms with van der Waals surface area (Å²) in [5.41, 5.74) is 0. The smallest absolute Gasteiger partial charge is 0.166 e. The van der Waals surface area contributed by atoms with Gasteiger partial charge in [-0.05, 0) is 55.8 Å². The van der Waals surface area contributed by atoms with Crippen LogP contribution in [0.15, 0.2) is 0 Å². The molecule has 0 saturated heterocycles. The van der Waals surface area contributed by atoms with Crippen molar-refractivity contribution in [3.8, 4) is 0 Å². The number of nitrogens with one attached hydrogen (secondary N) is 2. The molecule has 0 radical (unpaired) electrons. The van der Waals surface area contributed by atoms with Crippen LogP contribution in [-0.4, -0.2) is 29.7 Å². The molecule has 1 fully saturated rings. The van der Waals surface area contributed by atoms with E-state index in [-0.39, 0.29) is 0 Å². The average Bonchev–Trinajstić information content (AvgIpc) is 2.59. The Kier molecular flexibility index (Phi) is 6.41. The highest BCUT2D eigenvalue weighted by Gasteiger charge is 2.21. The predicted molar refractivity (Wildman–Crippen MR) is 73.5 cm³/mol. The van der Waals surface area contributed by atoms with Gasteiger partial charge in [0.15, 0.2) is 5.11 Å². The molecule has 1 aliphatic rings. The van der Waals surface area contributed by atoms with E-state index in [1.54, 1.807) is 0 Å². The minimum atomic E-state index is 0.612. The van der Waals surface area contributed by atoms with E-state index in [9.17, 15) is 0 Å². The lowest BCUT2D eigenvalue weighted by Gasteiger charge is -2.15. The molecule has 15 heavy (non-hydrogen) atoms. The van der Waals surface area contributed by atoms with E-state index in [0.717, 1.165) is 17.6 Å². The second-order valence-corrected chi connectivity index (χ2v) is 5.76. The minimum absolute atomic E-state index is 0.612. The average molecular weight is 246 g/mol. The third-order valence-electron chi connectivity index (χ3n) is 2.84. The van der Waals surface area contributed by atoms with Gasteiger partial charge in [-0.25, -0.2) is 0 Å². The number of hydrogen-bond donors (Lipinski definition) is 2. The zero-order valence-corrected chi connectivity index (χ0v) is 11.3. The monoisotopic (exact) mass is 246 g/mol. The Morgan fingerprint density at radius 3 is 2.87 bits per heavy atom. The first-order valence-corrected chi connectivity index (χ1v) is 7.56. The molecule has 0 amide bonds. The second kappa shape index (κ2) is 7.34. The lowest BCUT2D eigenvalue weighted by molar-refractivity contribution is 0.567. The van der Waals surface area contributed by atoms with Crippen LogP contribution in [-0.2, 0) is 0 Å². The maximum absolute atomic E-state index is 5.25. The molecule has 0 spiro atoms. The lowest BCUT2D eigenvalue weighted by atomic mass is 10.1. The Morgan fingerprint density at radius 1 is 1.47 bits per heavy atom. The van der Waals surface area contributed by atoms with Crippen molar-refractivity contribution >= 4 is 29.1 Å². The van der Waals surface area contributed by atoms with E-state index in [0.29, 0.717) is 6.04 Å². The van der Waals surface area contributed by atoms with Crippen LogP contribution in [0.25, 0.3) is 0 Å². The zero-order chi connectivity index (χ0) is 11.1. The van der Waals surface area contributed by atoms with Gasteiger partial charge in [-0.3, -0.25) is 0 Å². The van der Waals surface area contributed by atoms with Gasteiger partial charge in [-0.1, -0.05) is 6.92 Å². The van der Waals surface area contributed by atoms with E-state index in [4.69, 9.17) is 12.2 Å². The summed E-state index contributed by atoms with van der Waals surface area (Å²) in [5.74, 6) is 2.07. The zero-order valence-electron chi connectivity index (χ0n) is 9.71. The maximum Gasteiger partial charge on any atom is 0.166 e. The molecule has 0 aromatic carbocycles. The highest BCUT2D eigenvalue weighted by Crippen LogP contribution is 2.24. The van der Waals surface area contributed by atoms with E-state index in [1.165, 1.54) is 31.4 Å². The van der Waals surface area contributed by atoms with Crippen molar-refractivity contribution in [2.75, 3.05) is 18.6 Å². The van der Waals surface area contributed by atoms with Crippen molar-refractivity contribution in [1.82, 2.24) is 10.6 Å². The topological polar surface area (TPSA) is 24.1 Å². The fourth-order valence-corrected chi connectivity index (χ4v) is 2.69. The summed E-state index contributed by atoms with van der Waals surface area (Å²) in [4.78, 5) is 0. The molecule has 1 rings (SSSR count). The van der Waals surface area contributed by atoms with Crippen molar-refractivity contribution in [2.24, 2.45) is 5.92 Å². The normalized spacial score (nSPS) is 25.2. The van der Waals surface area contributed by atoms with E-state index < -0.39 is 0 Å². The first-order valence-electron chi connectivity index (χ1n) is 5.75. The van der Waals surface area contributed by atoms with Crippen LogP contribution in [0, 0.1) is 5.92 Å². The van der Waals surface area contributed by atoms with Crippen molar-refractivity contribution in [3.05, 3.63) is 0 Å². The summed E-state index contributed by atoms with van der Waals surface area (Å²) in [6.45, 7) is 3.31. The van der Waals surface area contributed by atoms with Gasteiger partial charge in [-0.2, -0.15) is 11.8 Å². The summed E-state index contributed by atoms with van der Waals surface area (Å²) in [6.07, 6.45) is 7.20. The number of rotatable bonds is 5. The first-order chi connectivity index (χ1) is 7.22. The third kappa shape index (κ3) is 5.61. The molecular formula is C11H22N2S2. The molecule has 0 bridgehead atoms. The van der Waals surface area contributed by atoms with Gasteiger partial charge in [0.25, 0.3) is 0 Å². The van der Waals surface area contributed by atoms with Gasteiger partial charge in [0.1, 0.15) is 0 Å². The number of thioether (sulfide) groups is 1. The highest BCUT2D eigenvalue weighted by atomic mass is 32.2. The molecule has 1 aliphatic carbocycles. The van der Waals surface area contributed by atoms with Gasteiger partial charge in [0, 0.05) is 12.6 Å². The van der Waals surface area contributed by atoms with Crippen LogP contribution in [0.4, 0.5) is 0 Å². The fraction of sp³-hybridized carbons (Fsp3) is 0.909. The van der Waals surface area contributed by atoms with E-state index in [2.05, 4.69) is 23.8 Å². The molecule has 2 N–H and O–H groups in total. The van der Waals surface area contributed by atoms with Gasteiger partial charge in [-0.15, -0.1) is 0 Å². The molecule has 88 valence electrons. The first kappa shape index (κ1) is 13.1. The lowest BCUT2D eigenvalue weighted by Crippen LogP contribution is -2.41. The molecule has 0 aliphatic heterocycles. The quantitative estimate of drug-likeness (QED) is 0.574. The van der Waals surface area contributed by atoms with Gasteiger partial charge in [0.2, 0.25) is 0 Å². The third-order valence-corrected chi connectivity index (χ3v) is 3.80. The second-order valence-electron chi connectivity index (χ2n) is 4.36. The Morgan fingerprint density at radius 2 is 2.27 bits per heavy atom. The van der Waals surface area contributed by atoms with Crippen LogP contribution >= 0.6 is 24.0 Å². The molecule has 2 unspecified atom stereocenters. The summed E-state index contributed by atoms with van der Waals surface area (Å²) in [5, 5.41) is 7.51. The highest BCUT2D eigenvalue weighted by molar-refractivity contribution is 7.98. The van der Waals surface area contributed by atoms with Crippen molar-refractivity contribution in [1.29, 1.82) is 0 Å². The van der Waals surface area contributed by atoms with Crippen LogP contribution < -0.4 is 10.6 Å². The fourth-order valence-electron chi connectivity index (χ4n) is 1.99. The standard InChI is InChI=1S/C11H22N2S2/c1-9-4-5-10(8-9)13-11(14)12-6-3-7-15-2/h9-10H,3-8H2,1-2H3,(H2,12,13,14). The van der Waals surface area contributed by atoms with Crippen molar-refractivity contribution in [2.45, 2.75) is 38.6 Å². The molecule has 0 heterocycles. The molecule has 1 saturated carbocycles. The van der Waals surface area contributed by atoms with E-state index in [1.807, 2.05) is 11.8 Å². The van der Waals surface area contributed by atoms with E-state index >= 15 is 0 Å². The van der Waals surface area contributed by atoms with Crippen LogP contribution in [0.1, 0.15) is 32.6 Å². The van der Waals surface area contributed by atoms with Gasteiger partial charge in [0.05, 0.1) is 0 Å². The molecule has 0 aromatic rings. The van der Waals surface area contributed by atoms with Gasteiger partial charge < -0.3 is 10.6 Å². The Hall–Kier alpha value is 0.0400. The van der Waals surface area contributed by atoms with Gasteiger partial charge >= 0.3 is 0 Å². The summed E-state index contributed by atoms with van der Waals surface area (Å²) < 4.78 is 0. The molecule has 0 aromatic heterocycles. The Labute approximate surface area is 103 Å². The molecule has 2 nitrogen and oxygen atoms in total. The van der Waals surface area contributed by atoms with Crippen molar-refractivity contribution in [3.63, 3.8) is 0 Å². The minimum Gasteiger partial charge on any atom is -0.363 e. The SMILES string of the molecule is CSCCCNC(=S)NC1CCC(C)C1. The van der Waals surface area contributed by atoms with Crippen LogP contribution in [0.3, 0.4) is 0 Å². The molecule has 4 heteroatoms.